The van der Waals surface area contributed by atoms with Crippen molar-refractivity contribution in [3.05, 3.63) is 0 Å². The molecule has 0 radical (unpaired) electrons. The molecule has 1 N–H and O–H groups in total. The van der Waals surface area contributed by atoms with E-state index < -0.39 is 0 Å². The molecule has 0 aromatic rings. The molecule has 1 aliphatic heterocycles. The molecule has 1 aliphatic carbocycles. The Kier molecular flexibility index (Phi) is 5.01. The molecule has 0 bridgehead atoms. The summed E-state index contributed by atoms with van der Waals surface area (Å²) in [5, 5.41) is 9.12. The largest absolute Gasteiger partial charge is 0.395 e. The van der Waals surface area contributed by atoms with E-state index in [4.69, 9.17) is 5.11 Å². The maximum atomic E-state index is 9.12. The average Bonchev–Trinajstić information content (AvgIpc) is 3.14. The quantitative estimate of drug-likeness (QED) is 0.747. The highest BCUT2D eigenvalue weighted by atomic mass is 16.3. The van der Waals surface area contributed by atoms with Crippen LogP contribution in [0.4, 0.5) is 0 Å². The number of rotatable bonds is 6. The lowest BCUT2D eigenvalue weighted by molar-refractivity contribution is 0.171. The smallest absolute Gasteiger partial charge is 0.0558 e. The molecule has 3 unspecified atom stereocenters. The minimum absolute atomic E-state index is 0.266. The summed E-state index contributed by atoms with van der Waals surface area (Å²) in [6, 6.07) is 1.96. The summed E-state index contributed by atoms with van der Waals surface area (Å²) in [5.41, 5.74) is 0. The van der Waals surface area contributed by atoms with Gasteiger partial charge in [0.05, 0.1) is 6.61 Å². The van der Waals surface area contributed by atoms with Crippen LogP contribution in [0.15, 0.2) is 0 Å². The van der Waals surface area contributed by atoms with Crippen LogP contribution in [-0.2, 0) is 0 Å². The summed E-state index contributed by atoms with van der Waals surface area (Å²) in [7, 11) is 4.38. The second kappa shape index (κ2) is 6.33. The van der Waals surface area contributed by atoms with Crippen molar-refractivity contribution < 1.29 is 5.11 Å². The van der Waals surface area contributed by atoms with Crippen LogP contribution in [0.2, 0.25) is 0 Å². The molecule has 1 saturated carbocycles. The van der Waals surface area contributed by atoms with E-state index in [-0.39, 0.29) is 6.61 Å². The Morgan fingerprint density at radius 1 is 1.06 bits per heavy atom. The molecule has 1 saturated heterocycles. The zero-order valence-electron chi connectivity index (χ0n) is 12.2. The Balaban J connectivity index is 1.97. The average molecular weight is 255 g/mol. The van der Waals surface area contributed by atoms with Crippen molar-refractivity contribution in [1.29, 1.82) is 0 Å². The molecular formula is C14H29N3O. The Labute approximate surface area is 112 Å². The molecule has 1 heterocycles. The topological polar surface area (TPSA) is 30.0 Å². The van der Waals surface area contributed by atoms with Gasteiger partial charge in [-0.2, -0.15) is 0 Å². The predicted octanol–water partition coefficient (Wildman–Crippen LogP) is 0.468. The van der Waals surface area contributed by atoms with Crippen molar-refractivity contribution in [2.45, 2.75) is 44.3 Å². The Hall–Kier alpha value is -0.160. The van der Waals surface area contributed by atoms with E-state index in [0.717, 1.165) is 13.1 Å². The van der Waals surface area contributed by atoms with Gasteiger partial charge in [-0.25, -0.2) is 0 Å². The zero-order valence-corrected chi connectivity index (χ0v) is 12.2. The number of nitrogens with zero attached hydrogens (tertiary/aromatic N) is 3. The number of hydrogen-bond donors (Lipinski definition) is 1. The molecule has 0 aromatic heterocycles. The number of aliphatic hydroxyl groups excluding tert-OH is 1. The van der Waals surface area contributed by atoms with Gasteiger partial charge in [0, 0.05) is 24.7 Å². The maximum Gasteiger partial charge on any atom is 0.0558 e. The van der Waals surface area contributed by atoms with Crippen LogP contribution < -0.4 is 0 Å². The molecule has 4 nitrogen and oxygen atoms in total. The molecule has 4 heteroatoms. The third kappa shape index (κ3) is 2.87. The summed E-state index contributed by atoms with van der Waals surface area (Å²) in [6.45, 7) is 6.93. The van der Waals surface area contributed by atoms with Crippen molar-refractivity contribution >= 4 is 0 Å². The van der Waals surface area contributed by atoms with Gasteiger partial charge in [0.1, 0.15) is 0 Å². The highest BCUT2D eigenvalue weighted by molar-refractivity contribution is 5.16. The van der Waals surface area contributed by atoms with Crippen LogP contribution in [-0.4, -0.2) is 84.8 Å². The number of aliphatic hydroxyl groups is 1. The molecular weight excluding hydrogens is 226 g/mol. The standard InChI is InChI=1S/C14H29N3O/c1-4-15(2)12-13(16(3)10-11-18)14(12)17-8-6-5-7-9-17/h12-14,18H,4-11H2,1-3H3. The molecule has 2 fully saturated rings. The van der Waals surface area contributed by atoms with E-state index in [9.17, 15) is 0 Å². The van der Waals surface area contributed by atoms with Gasteiger partial charge in [-0.05, 0) is 46.6 Å². The van der Waals surface area contributed by atoms with E-state index in [1.807, 2.05) is 0 Å². The Morgan fingerprint density at radius 2 is 1.67 bits per heavy atom. The second-order valence-electron chi connectivity index (χ2n) is 5.85. The van der Waals surface area contributed by atoms with Gasteiger partial charge in [0.15, 0.2) is 0 Å². The fourth-order valence-corrected chi connectivity index (χ4v) is 3.47. The number of likely N-dealkylation sites (tertiary alicyclic amines) is 1. The lowest BCUT2D eigenvalue weighted by Crippen LogP contribution is -2.38. The van der Waals surface area contributed by atoms with Crippen molar-refractivity contribution in [2.75, 3.05) is 46.9 Å². The molecule has 0 amide bonds. The highest BCUT2D eigenvalue weighted by Crippen LogP contribution is 2.38. The summed E-state index contributed by atoms with van der Waals surface area (Å²) >= 11 is 0. The highest BCUT2D eigenvalue weighted by Gasteiger charge is 2.56. The van der Waals surface area contributed by atoms with Crippen LogP contribution >= 0.6 is 0 Å². The van der Waals surface area contributed by atoms with Gasteiger partial charge in [0.25, 0.3) is 0 Å². The van der Waals surface area contributed by atoms with Crippen LogP contribution in [0, 0.1) is 0 Å². The zero-order chi connectivity index (χ0) is 13.1. The van der Waals surface area contributed by atoms with Crippen molar-refractivity contribution in [3.8, 4) is 0 Å². The Morgan fingerprint density at radius 3 is 2.22 bits per heavy atom. The van der Waals surface area contributed by atoms with Gasteiger partial charge in [-0.1, -0.05) is 13.3 Å². The third-order valence-electron chi connectivity index (χ3n) is 4.69. The Bertz CT molecular complexity index is 255. The molecule has 18 heavy (non-hydrogen) atoms. The van der Waals surface area contributed by atoms with E-state index in [1.165, 1.54) is 32.4 Å². The molecule has 0 aromatic carbocycles. The summed E-state index contributed by atoms with van der Waals surface area (Å²) in [6.07, 6.45) is 4.11. The van der Waals surface area contributed by atoms with Gasteiger partial charge in [0.2, 0.25) is 0 Å². The van der Waals surface area contributed by atoms with E-state index in [1.54, 1.807) is 0 Å². The minimum atomic E-state index is 0.266. The fraction of sp³-hybridized carbons (Fsp3) is 1.00. The van der Waals surface area contributed by atoms with Crippen LogP contribution in [0.3, 0.4) is 0 Å². The monoisotopic (exact) mass is 255 g/mol. The number of likely N-dealkylation sites (N-methyl/N-ethyl adjacent to an activating group) is 2. The first-order valence-electron chi connectivity index (χ1n) is 7.46. The molecule has 2 rings (SSSR count). The van der Waals surface area contributed by atoms with E-state index in [2.05, 4.69) is 35.7 Å². The fourth-order valence-electron chi connectivity index (χ4n) is 3.47. The van der Waals surface area contributed by atoms with Gasteiger partial charge in [-0.3, -0.25) is 9.80 Å². The minimum Gasteiger partial charge on any atom is -0.395 e. The first-order chi connectivity index (χ1) is 8.70. The first-order valence-corrected chi connectivity index (χ1v) is 7.46. The van der Waals surface area contributed by atoms with Gasteiger partial charge < -0.3 is 10.0 Å². The van der Waals surface area contributed by atoms with Gasteiger partial charge in [-0.15, -0.1) is 0 Å². The molecule has 3 atom stereocenters. The van der Waals surface area contributed by atoms with Crippen LogP contribution in [0.1, 0.15) is 26.2 Å². The lowest BCUT2D eigenvalue weighted by Gasteiger charge is -2.28. The van der Waals surface area contributed by atoms with Crippen molar-refractivity contribution in [2.24, 2.45) is 0 Å². The van der Waals surface area contributed by atoms with E-state index in [0.29, 0.717) is 18.1 Å². The van der Waals surface area contributed by atoms with Gasteiger partial charge >= 0.3 is 0 Å². The number of hydrogen-bond acceptors (Lipinski definition) is 4. The summed E-state index contributed by atoms with van der Waals surface area (Å²) in [4.78, 5) is 7.49. The molecule has 0 spiro atoms. The van der Waals surface area contributed by atoms with E-state index >= 15 is 0 Å². The first kappa shape index (κ1) is 14.3. The normalized spacial score (nSPS) is 33.3. The van der Waals surface area contributed by atoms with Crippen molar-refractivity contribution in [1.82, 2.24) is 14.7 Å². The number of piperidine rings is 1. The van der Waals surface area contributed by atoms with Crippen LogP contribution in [0.25, 0.3) is 0 Å². The predicted molar refractivity (Wildman–Crippen MR) is 74.8 cm³/mol. The molecule has 106 valence electrons. The second-order valence-corrected chi connectivity index (χ2v) is 5.85. The lowest BCUT2D eigenvalue weighted by atomic mass is 10.1. The van der Waals surface area contributed by atoms with Crippen molar-refractivity contribution in [3.63, 3.8) is 0 Å². The maximum absolute atomic E-state index is 9.12. The SMILES string of the molecule is CCN(C)C1C(N(C)CCO)C1N1CCCCC1. The van der Waals surface area contributed by atoms with Crippen LogP contribution in [0.5, 0.6) is 0 Å². The summed E-state index contributed by atoms with van der Waals surface area (Å²) < 4.78 is 0. The molecule has 2 aliphatic rings. The summed E-state index contributed by atoms with van der Waals surface area (Å²) in [5.74, 6) is 0. The third-order valence-corrected chi connectivity index (χ3v) is 4.69.